The van der Waals surface area contributed by atoms with Crippen LogP contribution < -0.4 is 15.8 Å². The van der Waals surface area contributed by atoms with Crippen molar-refractivity contribution in [2.45, 2.75) is 30.6 Å². The standard InChI is InChI=1S/C22H27FN6O4S/c1-13-18(25-10-17(26-13)33-4)19(30)27-14-5-6-16(23)15(9-14)21(2)12-34(31,32)22(20(24)28-21)7-8-29(3)11-22/h5-6,9-10H,7-8,11-12H2,1-4H3,(H2,24,28)(H,27,30)/t21-,22?/m0/s1. The van der Waals surface area contributed by atoms with E-state index in [1.807, 2.05) is 11.9 Å². The number of halogens is 1. The number of carbonyl (C=O) groups excluding carboxylic acids is 1. The minimum atomic E-state index is -3.75. The topological polar surface area (TPSA) is 140 Å². The third-order valence-electron chi connectivity index (χ3n) is 6.48. The van der Waals surface area contributed by atoms with Crippen LogP contribution in [0.4, 0.5) is 10.1 Å². The number of aryl methyl sites for hydroxylation is 1. The summed E-state index contributed by atoms with van der Waals surface area (Å²) in [5.74, 6) is -1.34. The molecule has 0 radical (unpaired) electrons. The van der Waals surface area contributed by atoms with Crippen LogP contribution in [0.15, 0.2) is 29.4 Å². The Kier molecular flexibility index (Phi) is 5.85. The highest BCUT2D eigenvalue weighted by Gasteiger charge is 2.57. The molecule has 0 saturated carbocycles. The molecule has 0 bridgehead atoms. The van der Waals surface area contributed by atoms with Crippen LogP contribution in [-0.2, 0) is 15.4 Å². The van der Waals surface area contributed by atoms with Gasteiger partial charge in [-0.2, -0.15) is 0 Å². The molecule has 10 nitrogen and oxygen atoms in total. The lowest BCUT2D eigenvalue weighted by atomic mass is 9.92. The number of nitrogens with one attached hydrogen (secondary N) is 1. The number of likely N-dealkylation sites (tertiary alicyclic amines) is 1. The van der Waals surface area contributed by atoms with E-state index in [1.165, 1.54) is 32.4 Å². The minimum absolute atomic E-state index is 0.0106. The number of anilines is 1. The largest absolute Gasteiger partial charge is 0.480 e. The lowest BCUT2D eigenvalue weighted by molar-refractivity contribution is 0.102. The minimum Gasteiger partial charge on any atom is -0.480 e. The van der Waals surface area contributed by atoms with Crippen LogP contribution in [0.2, 0.25) is 0 Å². The van der Waals surface area contributed by atoms with E-state index in [1.54, 1.807) is 6.92 Å². The number of nitrogens with zero attached hydrogens (tertiary/aromatic N) is 4. The Hall–Kier alpha value is -3.12. The SMILES string of the molecule is COc1cnc(C(=O)Nc2ccc(F)c([C@]3(C)CS(=O)(=O)C4(CCN(C)C4)C(N)=N3)c2)c(C)n1. The fraction of sp³-hybridized carbons (Fsp3) is 0.455. The Morgan fingerprint density at radius 3 is 2.68 bits per heavy atom. The number of rotatable bonds is 4. The third kappa shape index (κ3) is 3.90. The first-order valence-electron chi connectivity index (χ1n) is 10.7. The highest BCUT2D eigenvalue weighted by molar-refractivity contribution is 7.93. The number of sulfone groups is 1. The van der Waals surface area contributed by atoms with Crippen LogP contribution in [0, 0.1) is 12.7 Å². The Labute approximate surface area is 197 Å². The second-order valence-electron chi connectivity index (χ2n) is 9.01. The third-order valence-corrected chi connectivity index (χ3v) is 9.15. The van der Waals surface area contributed by atoms with E-state index >= 15 is 0 Å². The number of hydrogen-bond acceptors (Lipinski definition) is 9. The van der Waals surface area contributed by atoms with Gasteiger partial charge in [-0.1, -0.05) is 0 Å². The molecule has 182 valence electrons. The van der Waals surface area contributed by atoms with Gasteiger partial charge in [-0.15, -0.1) is 0 Å². The first-order chi connectivity index (χ1) is 15.9. The van der Waals surface area contributed by atoms with E-state index in [0.29, 0.717) is 18.7 Å². The molecule has 12 heteroatoms. The van der Waals surface area contributed by atoms with Gasteiger partial charge in [-0.3, -0.25) is 9.79 Å². The van der Waals surface area contributed by atoms with Gasteiger partial charge >= 0.3 is 0 Å². The maximum absolute atomic E-state index is 15.0. The second-order valence-corrected chi connectivity index (χ2v) is 11.3. The smallest absolute Gasteiger partial charge is 0.276 e. The Bertz CT molecular complexity index is 1300. The highest BCUT2D eigenvalue weighted by atomic mass is 32.2. The van der Waals surface area contributed by atoms with Gasteiger partial charge < -0.3 is 20.7 Å². The molecule has 2 aromatic rings. The number of amides is 1. The van der Waals surface area contributed by atoms with Crippen LogP contribution in [0.1, 0.15) is 35.1 Å². The number of aromatic nitrogens is 2. The Balaban J connectivity index is 1.68. The van der Waals surface area contributed by atoms with Crippen LogP contribution in [0.25, 0.3) is 0 Å². The summed E-state index contributed by atoms with van der Waals surface area (Å²) < 4.78 is 45.5. The lowest BCUT2D eigenvalue weighted by Crippen LogP contribution is -2.59. The Morgan fingerprint density at radius 1 is 1.35 bits per heavy atom. The van der Waals surface area contributed by atoms with E-state index in [4.69, 9.17) is 10.5 Å². The van der Waals surface area contributed by atoms with E-state index in [-0.39, 0.29) is 35.2 Å². The van der Waals surface area contributed by atoms with Crippen LogP contribution in [0.5, 0.6) is 5.88 Å². The molecule has 1 amide bonds. The molecule has 0 aliphatic carbocycles. The molecule has 1 saturated heterocycles. The van der Waals surface area contributed by atoms with E-state index in [0.717, 1.165) is 6.07 Å². The monoisotopic (exact) mass is 490 g/mol. The number of methoxy groups -OCH3 is 1. The molecular formula is C22H27FN6O4S. The summed E-state index contributed by atoms with van der Waals surface area (Å²) >= 11 is 0. The summed E-state index contributed by atoms with van der Waals surface area (Å²) in [6.45, 7) is 3.98. The molecule has 3 heterocycles. The van der Waals surface area contributed by atoms with Gasteiger partial charge in [0.05, 0.1) is 24.8 Å². The summed E-state index contributed by atoms with van der Waals surface area (Å²) in [4.78, 5) is 27.4. The van der Waals surface area contributed by atoms with Crippen LogP contribution >= 0.6 is 0 Å². The predicted molar refractivity (Wildman–Crippen MR) is 125 cm³/mol. The van der Waals surface area contributed by atoms with Crippen molar-refractivity contribution in [3.63, 3.8) is 0 Å². The van der Waals surface area contributed by atoms with Crippen molar-refractivity contribution in [2.75, 3.05) is 38.3 Å². The zero-order valence-electron chi connectivity index (χ0n) is 19.4. The first kappa shape index (κ1) is 24.0. The van der Waals surface area contributed by atoms with Gasteiger partial charge in [0, 0.05) is 17.8 Å². The average molecular weight is 491 g/mol. The fourth-order valence-corrected chi connectivity index (χ4v) is 7.04. The van der Waals surface area contributed by atoms with Crippen LogP contribution in [-0.4, -0.2) is 72.8 Å². The number of nitrogens with two attached hydrogens (primary N) is 1. The molecule has 1 aromatic carbocycles. The maximum Gasteiger partial charge on any atom is 0.276 e. The molecule has 2 aliphatic heterocycles. The normalized spacial score (nSPS) is 26.3. The number of amidine groups is 1. The Morgan fingerprint density at radius 2 is 2.09 bits per heavy atom. The van der Waals surface area contributed by atoms with Crippen molar-refractivity contribution in [1.29, 1.82) is 0 Å². The molecule has 2 atom stereocenters. The summed E-state index contributed by atoms with van der Waals surface area (Å²) in [5, 5.41) is 2.66. The number of hydrogen-bond donors (Lipinski definition) is 2. The van der Waals surface area contributed by atoms with E-state index in [9.17, 15) is 17.6 Å². The van der Waals surface area contributed by atoms with Crippen molar-refractivity contribution in [2.24, 2.45) is 10.7 Å². The molecule has 3 N–H and O–H groups in total. The predicted octanol–water partition coefficient (Wildman–Crippen LogP) is 1.26. The number of carbonyl (C=O) groups is 1. The number of aliphatic imine (C=N–C) groups is 1. The molecule has 1 spiro atoms. The maximum atomic E-state index is 15.0. The van der Waals surface area contributed by atoms with Crippen LogP contribution in [0.3, 0.4) is 0 Å². The van der Waals surface area contributed by atoms with Gasteiger partial charge in [0.25, 0.3) is 5.91 Å². The summed E-state index contributed by atoms with van der Waals surface area (Å²) in [6, 6.07) is 3.92. The molecule has 4 rings (SSSR count). The molecule has 1 fully saturated rings. The van der Waals surface area contributed by atoms with E-state index < -0.39 is 37.6 Å². The van der Waals surface area contributed by atoms with Gasteiger partial charge in [0.1, 0.15) is 27.6 Å². The van der Waals surface area contributed by atoms with Gasteiger partial charge in [0.2, 0.25) is 5.88 Å². The molecule has 34 heavy (non-hydrogen) atoms. The van der Waals surface area contributed by atoms with Gasteiger partial charge in [-0.05, 0) is 52.1 Å². The summed E-state index contributed by atoms with van der Waals surface area (Å²) in [7, 11) is -0.483. The molecule has 1 unspecified atom stereocenters. The molecule has 1 aromatic heterocycles. The molecular weight excluding hydrogens is 463 g/mol. The fourth-order valence-electron chi connectivity index (χ4n) is 4.62. The second kappa shape index (κ2) is 8.27. The summed E-state index contributed by atoms with van der Waals surface area (Å²) in [5.41, 5.74) is 5.50. The quantitative estimate of drug-likeness (QED) is 0.653. The van der Waals surface area contributed by atoms with Crippen molar-refractivity contribution in [3.8, 4) is 5.88 Å². The number of ether oxygens (including phenoxy) is 1. The first-order valence-corrected chi connectivity index (χ1v) is 12.3. The van der Waals surface area contributed by atoms with E-state index in [2.05, 4.69) is 20.3 Å². The zero-order chi connectivity index (χ0) is 24.9. The van der Waals surface area contributed by atoms with Crippen molar-refractivity contribution >= 4 is 27.3 Å². The van der Waals surface area contributed by atoms with Crippen molar-refractivity contribution in [1.82, 2.24) is 14.9 Å². The zero-order valence-corrected chi connectivity index (χ0v) is 20.2. The number of benzene rings is 1. The van der Waals surface area contributed by atoms with Crippen molar-refractivity contribution < 1.29 is 22.3 Å². The van der Waals surface area contributed by atoms with Gasteiger partial charge in [0.15, 0.2) is 9.84 Å². The average Bonchev–Trinajstić information content (AvgIpc) is 3.17. The molecule has 2 aliphatic rings. The van der Waals surface area contributed by atoms with Crippen molar-refractivity contribution in [3.05, 3.63) is 47.2 Å². The lowest BCUT2D eigenvalue weighted by Gasteiger charge is -2.39. The highest BCUT2D eigenvalue weighted by Crippen LogP contribution is 2.42. The van der Waals surface area contributed by atoms with Gasteiger partial charge in [-0.25, -0.2) is 22.8 Å². The summed E-state index contributed by atoms with van der Waals surface area (Å²) in [6.07, 6.45) is 1.66.